The molecule has 0 aliphatic rings. The number of primary amides is 1. The molecular formula is C16H12N4OS. The number of rotatable bonds is 2. The quantitative estimate of drug-likeness (QED) is 0.524. The normalized spacial score (nSPS) is 11.1. The first-order valence-electron chi connectivity index (χ1n) is 6.73. The van der Waals surface area contributed by atoms with Crippen molar-refractivity contribution in [3.05, 3.63) is 48.7 Å². The lowest BCUT2D eigenvalue weighted by Gasteiger charge is -2.06. The van der Waals surface area contributed by atoms with Crippen LogP contribution >= 0.6 is 11.3 Å². The first-order valence-corrected chi connectivity index (χ1v) is 7.55. The van der Waals surface area contributed by atoms with Crippen molar-refractivity contribution in [2.45, 2.75) is 0 Å². The van der Waals surface area contributed by atoms with Gasteiger partial charge in [0.25, 0.3) is 0 Å². The number of nitrogens with two attached hydrogens (primary N) is 1. The molecule has 2 amide bonds. The summed E-state index contributed by atoms with van der Waals surface area (Å²) in [5, 5.41) is 11.9. The van der Waals surface area contributed by atoms with Gasteiger partial charge < -0.3 is 11.1 Å². The fraction of sp³-hybridized carbons (Fsp3) is 0. The first-order chi connectivity index (χ1) is 10.7. The van der Waals surface area contributed by atoms with Crippen LogP contribution in [0.1, 0.15) is 0 Å². The number of carbonyl (C=O) groups is 1. The van der Waals surface area contributed by atoms with Gasteiger partial charge in [-0.2, -0.15) is 5.10 Å². The number of benzene rings is 2. The van der Waals surface area contributed by atoms with Gasteiger partial charge in [0.1, 0.15) is 0 Å². The van der Waals surface area contributed by atoms with Crippen molar-refractivity contribution >= 4 is 44.0 Å². The van der Waals surface area contributed by atoms with Crippen LogP contribution in [0.5, 0.6) is 0 Å². The number of aromatic amines is 1. The molecule has 0 fully saturated rings. The summed E-state index contributed by atoms with van der Waals surface area (Å²) in [7, 11) is 0. The molecule has 0 bridgehead atoms. The third kappa shape index (κ3) is 2.10. The summed E-state index contributed by atoms with van der Waals surface area (Å²) in [6.07, 6.45) is 1.73. The molecule has 4 aromatic rings. The highest BCUT2D eigenvalue weighted by atomic mass is 32.1. The van der Waals surface area contributed by atoms with Crippen molar-refractivity contribution in [3.63, 3.8) is 0 Å². The molecule has 0 saturated carbocycles. The molecule has 2 aromatic heterocycles. The van der Waals surface area contributed by atoms with Crippen LogP contribution in [0, 0.1) is 0 Å². The number of nitrogens with one attached hydrogen (secondary N) is 2. The number of H-pyrrole nitrogens is 1. The second kappa shape index (κ2) is 4.85. The topological polar surface area (TPSA) is 83.8 Å². The molecule has 6 heteroatoms. The lowest BCUT2D eigenvalue weighted by molar-refractivity contribution is 0.259. The maximum atomic E-state index is 11.1. The van der Waals surface area contributed by atoms with E-state index in [1.807, 2.05) is 24.3 Å². The lowest BCUT2D eigenvalue weighted by Crippen LogP contribution is -2.19. The second-order valence-corrected chi connectivity index (χ2v) is 6.08. The number of urea groups is 1. The lowest BCUT2D eigenvalue weighted by atomic mass is 10.1. The summed E-state index contributed by atoms with van der Waals surface area (Å²) in [5.74, 6) is 0. The van der Waals surface area contributed by atoms with Crippen LogP contribution in [0.25, 0.3) is 31.4 Å². The molecule has 22 heavy (non-hydrogen) atoms. The fourth-order valence-corrected chi connectivity index (χ4v) is 3.67. The van der Waals surface area contributed by atoms with Crippen molar-refractivity contribution < 1.29 is 4.79 Å². The molecule has 0 aliphatic carbocycles. The predicted molar refractivity (Wildman–Crippen MR) is 90.1 cm³/mol. The molecule has 0 unspecified atom stereocenters. The number of nitrogens with zero attached hydrogens (tertiary/aromatic N) is 1. The third-order valence-corrected chi connectivity index (χ3v) is 4.66. The van der Waals surface area contributed by atoms with Crippen molar-refractivity contribution in [1.82, 2.24) is 10.2 Å². The number of hydrogen-bond acceptors (Lipinski definition) is 3. The molecule has 2 heterocycles. The Morgan fingerprint density at radius 1 is 1.18 bits per heavy atom. The monoisotopic (exact) mass is 308 g/mol. The Hall–Kier alpha value is -2.86. The van der Waals surface area contributed by atoms with E-state index in [0.717, 1.165) is 21.3 Å². The van der Waals surface area contributed by atoms with E-state index in [9.17, 15) is 4.79 Å². The zero-order valence-corrected chi connectivity index (χ0v) is 12.3. The average Bonchev–Trinajstić information content (AvgIpc) is 3.11. The molecule has 5 nitrogen and oxygen atoms in total. The molecule has 2 aromatic carbocycles. The predicted octanol–water partition coefficient (Wildman–Crippen LogP) is 3.94. The van der Waals surface area contributed by atoms with Crippen LogP contribution in [0.3, 0.4) is 0 Å². The molecule has 0 saturated heterocycles. The highest BCUT2D eigenvalue weighted by molar-refractivity contribution is 7.22. The van der Waals surface area contributed by atoms with Gasteiger partial charge in [0.05, 0.1) is 11.7 Å². The molecule has 108 valence electrons. The van der Waals surface area contributed by atoms with E-state index < -0.39 is 6.03 Å². The van der Waals surface area contributed by atoms with E-state index in [0.29, 0.717) is 5.69 Å². The number of amides is 2. The highest BCUT2D eigenvalue weighted by Gasteiger charge is 2.12. The molecule has 4 rings (SSSR count). The number of thiophene rings is 1. The van der Waals surface area contributed by atoms with E-state index in [-0.39, 0.29) is 0 Å². The van der Waals surface area contributed by atoms with Gasteiger partial charge in [-0.3, -0.25) is 5.10 Å². The Labute approximate surface area is 129 Å². The summed E-state index contributed by atoms with van der Waals surface area (Å²) in [5.41, 5.74) is 7.83. The molecule has 0 spiro atoms. The van der Waals surface area contributed by atoms with Crippen LogP contribution in [0.15, 0.2) is 48.7 Å². The van der Waals surface area contributed by atoms with E-state index in [1.54, 1.807) is 17.5 Å². The highest BCUT2D eigenvalue weighted by Crippen LogP contribution is 2.38. The maximum absolute atomic E-state index is 11.1. The Balaban J connectivity index is 1.95. The van der Waals surface area contributed by atoms with Crippen molar-refractivity contribution in [2.75, 3.05) is 5.32 Å². The minimum absolute atomic E-state index is 0.579. The Morgan fingerprint density at radius 2 is 2.05 bits per heavy atom. The summed E-state index contributed by atoms with van der Waals surface area (Å²) in [6, 6.07) is 13.6. The van der Waals surface area contributed by atoms with Gasteiger partial charge in [0, 0.05) is 26.2 Å². The van der Waals surface area contributed by atoms with E-state index in [2.05, 4.69) is 33.7 Å². The minimum Gasteiger partial charge on any atom is -0.351 e. The van der Waals surface area contributed by atoms with E-state index in [1.165, 1.54) is 10.1 Å². The van der Waals surface area contributed by atoms with Gasteiger partial charge in [-0.05, 0) is 29.7 Å². The standard InChI is InChI=1S/C16H12N4OS/c17-16(21)19-11-5-10-8-18-20-15(10)12(7-11)14-6-9-3-1-2-4-13(9)22-14/h1-8H,(H,18,20)(H3,17,19,21). The van der Waals surface area contributed by atoms with Crippen LogP contribution in [0.2, 0.25) is 0 Å². The maximum Gasteiger partial charge on any atom is 0.316 e. The van der Waals surface area contributed by atoms with Crippen molar-refractivity contribution in [1.29, 1.82) is 0 Å². The molecule has 0 atom stereocenters. The van der Waals surface area contributed by atoms with Gasteiger partial charge in [0.15, 0.2) is 0 Å². The molecule has 4 N–H and O–H groups in total. The van der Waals surface area contributed by atoms with Crippen molar-refractivity contribution in [3.8, 4) is 10.4 Å². The van der Waals surface area contributed by atoms with E-state index in [4.69, 9.17) is 5.73 Å². The summed E-state index contributed by atoms with van der Waals surface area (Å²) in [6.45, 7) is 0. The fourth-order valence-electron chi connectivity index (χ4n) is 2.58. The van der Waals surface area contributed by atoms with Gasteiger partial charge in [0.2, 0.25) is 0 Å². The molecule has 0 aliphatic heterocycles. The smallest absolute Gasteiger partial charge is 0.316 e. The van der Waals surface area contributed by atoms with Crippen molar-refractivity contribution in [2.24, 2.45) is 5.73 Å². The second-order valence-electron chi connectivity index (χ2n) is 5.00. The van der Waals surface area contributed by atoms with Crippen LogP contribution in [-0.2, 0) is 0 Å². The zero-order valence-electron chi connectivity index (χ0n) is 11.5. The SMILES string of the molecule is NC(=O)Nc1cc(-c2cc3ccccc3s2)c2[nH]ncc2c1. The summed E-state index contributed by atoms with van der Waals surface area (Å²) in [4.78, 5) is 12.2. The van der Waals surface area contributed by atoms with E-state index >= 15 is 0 Å². The number of fused-ring (bicyclic) bond motifs is 2. The molecular weight excluding hydrogens is 296 g/mol. The summed E-state index contributed by atoms with van der Waals surface area (Å²) < 4.78 is 1.22. The largest absolute Gasteiger partial charge is 0.351 e. The number of anilines is 1. The first kappa shape index (κ1) is 12.8. The number of hydrogen-bond donors (Lipinski definition) is 3. The van der Waals surface area contributed by atoms with Crippen LogP contribution in [0.4, 0.5) is 10.5 Å². The average molecular weight is 308 g/mol. The van der Waals surface area contributed by atoms with Gasteiger partial charge in [-0.25, -0.2) is 4.79 Å². The zero-order chi connectivity index (χ0) is 15.1. The summed E-state index contributed by atoms with van der Waals surface area (Å²) >= 11 is 1.70. The Morgan fingerprint density at radius 3 is 2.86 bits per heavy atom. The Bertz CT molecular complexity index is 969. The number of aromatic nitrogens is 2. The van der Waals surface area contributed by atoms with Gasteiger partial charge >= 0.3 is 6.03 Å². The van der Waals surface area contributed by atoms with Gasteiger partial charge in [-0.1, -0.05) is 18.2 Å². The van der Waals surface area contributed by atoms with Crippen LogP contribution < -0.4 is 11.1 Å². The van der Waals surface area contributed by atoms with Crippen LogP contribution in [-0.4, -0.2) is 16.2 Å². The third-order valence-electron chi connectivity index (χ3n) is 3.51. The Kier molecular flexibility index (Phi) is 2.83. The minimum atomic E-state index is -0.579. The van der Waals surface area contributed by atoms with Gasteiger partial charge in [-0.15, -0.1) is 11.3 Å². The molecule has 0 radical (unpaired) electrons. The number of carbonyl (C=O) groups excluding carboxylic acids is 1.